The standard InChI is InChI=1S/C22H16BrN3O5/c23-18-7-1-15(2-8-18)13-21(27)25-24-14-16-3-11-20(12-4-16)31-22(28)17-5-9-19(10-6-17)26(29)30/h1-12,14H,13H2,(H,25,27)/b24-14-. The first kappa shape index (κ1) is 21.8. The molecule has 0 heterocycles. The Morgan fingerprint density at radius 2 is 1.65 bits per heavy atom. The first-order chi connectivity index (χ1) is 14.9. The Hall–Kier alpha value is -3.85. The van der Waals surface area contributed by atoms with E-state index in [0.717, 1.165) is 10.0 Å². The summed E-state index contributed by atoms with van der Waals surface area (Å²) < 4.78 is 6.19. The highest BCUT2D eigenvalue weighted by Crippen LogP contribution is 2.16. The van der Waals surface area contributed by atoms with Crippen LogP contribution in [0.1, 0.15) is 21.5 Å². The fourth-order valence-electron chi connectivity index (χ4n) is 2.51. The van der Waals surface area contributed by atoms with Crippen LogP contribution >= 0.6 is 15.9 Å². The lowest BCUT2D eigenvalue weighted by Gasteiger charge is -2.04. The molecule has 8 nitrogen and oxygen atoms in total. The summed E-state index contributed by atoms with van der Waals surface area (Å²) in [7, 11) is 0. The van der Waals surface area contributed by atoms with Crippen LogP contribution in [-0.2, 0) is 11.2 Å². The maximum Gasteiger partial charge on any atom is 0.343 e. The van der Waals surface area contributed by atoms with Crippen LogP contribution in [-0.4, -0.2) is 23.0 Å². The number of carbonyl (C=O) groups is 2. The molecule has 3 rings (SSSR count). The molecular formula is C22H16BrN3O5. The second kappa shape index (κ2) is 10.3. The zero-order chi connectivity index (χ0) is 22.2. The molecule has 31 heavy (non-hydrogen) atoms. The van der Waals surface area contributed by atoms with Crippen molar-refractivity contribution in [1.29, 1.82) is 0 Å². The summed E-state index contributed by atoms with van der Waals surface area (Å²) in [6, 6.07) is 19.1. The summed E-state index contributed by atoms with van der Waals surface area (Å²) in [6.45, 7) is 0. The molecule has 0 aromatic heterocycles. The predicted octanol–water partition coefficient (Wildman–Crippen LogP) is 4.27. The molecule has 0 bridgehead atoms. The summed E-state index contributed by atoms with van der Waals surface area (Å²) in [6.07, 6.45) is 1.68. The van der Waals surface area contributed by atoms with Crippen LogP contribution in [0.2, 0.25) is 0 Å². The van der Waals surface area contributed by atoms with Crippen molar-refractivity contribution < 1.29 is 19.2 Å². The van der Waals surface area contributed by atoms with Crippen molar-refractivity contribution in [3.8, 4) is 5.75 Å². The van der Waals surface area contributed by atoms with E-state index < -0.39 is 10.9 Å². The van der Waals surface area contributed by atoms with Gasteiger partial charge in [-0.2, -0.15) is 5.10 Å². The van der Waals surface area contributed by atoms with Gasteiger partial charge in [0.1, 0.15) is 5.75 Å². The minimum absolute atomic E-state index is 0.107. The number of nitro benzene ring substituents is 1. The highest BCUT2D eigenvalue weighted by atomic mass is 79.9. The highest BCUT2D eigenvalue weighted by Gasteiger charge is 2.11. The number of nitrogens with zero attached hydrogens (tertiary/aromatic N) is 2. The van der Waals surface area contributed by atoms with E-state index in [1.807, 2.05) is 24.3 Å². The van der Waals surface area contributed by atoms with Crippen molar-refractivity contribution in [2.75, 3.05) is 0 Å². The van der Waals surface area contributed by atoms with Gasteiger partial charge >= 0.3 is 5.97 Å². The van der Waals surface area contributed by atoms with E-state index in [1.54, 1.807) is 24.3 Å². The molecule has 0 fully saturated rings. The van der Waals surface area contributed by atoms with Gasteiger partial charge in [-0.15, -0.1) is 0 Å². The summed E-state index contributed by atoms with van der Waals surface area (Å²) in [4.78, 5) is 34.2. The van der Waals surface area contributed by atoms with Gasteiger partial charge in [-0.25, -0.2) is 10.2 Å². The predicted molar refractivity (Wildman–Crippen MR) is 118 cm³/mol. The molecule has 156 valence electrons. The molecule has 9 heteroatoms. The maximum absolute atomic E-state index is 12.1. The molecule has 0 aliphatic rings. The van der Waals surface area contributed by atoms with Crippen LogP contribution in [0, 0.1) is 10.1 Å². The van der Waals surface area contributed by atoms with Gasteiger partial charge in [-0.1, -0.05) is 28.1 Å². The Bertz CT molecular complexity index is 1110. The van der Waals surface area contributed by atoms with Gasteiger partial charge in [-0.3, -0.25) is 14.9 Å². The van der Waals surface area contributed by atoms with E-state index in [1.165, 1.54) is 30.5 Å². The van der Waals surface area contributed by atoms with Crippen LogP contribution in [0.25, 0.3) is 0 Å². The maximum atomic E-state index is 12.1. The number of hydrazone groups is 1. The number of hydrogen-bond acceptors (Lipinski definition) is 6. The normalized spacial score (nSPS) is 10.6. The van der Waals surface area contributed by atoms with E-state index in [-0.39, 0.29) is 23.6 Å². The number of halogens is 1. The summed E-state index contributed by atoms with van der Waals surface area (Å²) in [5.74, 6) is -0.566. The lowest BCUT2D eigenvalue weighted by atomic mass is 10.1. The van der Waals surface area contributed by atoms with Gasteiger partial charge in [0.05, 0.1) is 23.1 Å². The minimum atomic E-state index is -0.628. The first-order valence-corrected chi connectivity index (χ1v) is 9.83. The number of rotatable bonds is 7. The van der Waals surface area contributed by atoms with Gasteiger partial charge in [-0.05, 0) is 59.7 Å². The molecular weight excluding hydrogens is 466 g/mol. The van der Waals surface area contributed by atoms with Crippen molar-refractivity contribution in [3.05, 3.63) is 104 Å². The van der Waals surface area contributed by atoms with Crippen LogP contribution in [0.5, 0.6) is 5.75 Å². The number of benzene rings is 3. The number of esters is 1. The van der Waals surface area contributed by atoms with E-state index in [4.69, 9.17) is 4.74 Å². The quantitative estimate of drug-likeness (QED) is 0.178. The van der Waals surface area contributed by atoms with Crippen molar-refractivity contribution in [2.45, 2.75) is 6.42 Å². The third-order valence-electron chi connectivity index (χ3n) is 4.09. The van der Waals surface area contributed by atoms with Gasteiger partial charge < -0.3 is 4.74 Å². The average molecular weight is 482 g/mol. The molecule has 3 aromatic carbocycles. The van der Waals surface area contributed by atoms with Crippen molar-refractivity contribution in [2.24, 2.45) is 5.10 Å². The monoisotopic (exact) mass is 481 g/mol. The lowest BCUT2D eigenvalue weighted by molar-refractivity contribution is -0.384. The van der Waals surface area contributed by atoms with E-state index >= 15 is 0 Å². The molecule has 0 unspecified atom stereocenters. The van der Waals surface area contributed by atoms with Crippen molar-refractivity contribution in [1.82, 2.24) is 5.43 Å². The zero-order valence-electron chi connectivity index (χ0n) is 16.0. The van der Waals surface area contributed by atoms with Crippen molar-refractivity contribution >= 4 is 39.7 Å². The molecule has 0 spiro atoms. The number of ether oxygens (including phenoxy) is 1. The minimum Gasteiger partial charge on any atom is -0.423 e. The fraction of sp³-hybridized carbons (Fsp3) is 0.0455. The van der Waals surface area contributed by atoms with Crippen LogP contribution in [0.15, 0.2) is 82.4 Å². The van der Waals surface area contributed by atoms with Gasteiger partial charge in [0.25, 0.3) is 5.69 Å². The number of nitrogens with one attached hydrogen (secondary N) is 1. The van der Waals surface area contributed by atoms with Gasteiger partial charge in [0.15, 0.2) is 0 Å². The molecule has 0 atom stereocenters. The summed E-state index contributed by atoms with van der Waals surface area (Å²) in [5, 5.41) is 14.6. The van der Waals surface area contributed by atoms with Gasteiger partial charge in [0.2, 0.25) is 5.91 Å². The molecule has 0 radical (unpaired) electrons. The molecule has 3 aromatic rings. The number of carbonyl (C=O) groups excluding carboxylic acids is 2. The van der Waals surface area contributed by atoms with Gasteiger partial charge in [0, 0.05) is 16.6 Å². The number of nitro groups is 1. The second-order valence-electron chi connectivity index (χ2n) is 6.36. The molecule has 0 saturated carbocycles. The number of non-ortho nitro benzene ring substituents is 1. The Labute approximate surface area is 185 Å². The number of amides is 1. The van der Waals surface area contributed by atoms with E-state index in [9.17, 15) is 19.7 Å². The largest absolute Gasteiger partial charge is 0.423 e. The van der Waals surface area contributed by atoms with E-state index in [0.29, 0.717) is 11.3 Å². The summed E-state index contributed by atoms with van der Waals surface area (Å²) in [5.41, 5.74) is 4.12. The third-order valence-corrected chi connectivity index (χ3v) is 4.61. The Morgan fingerprint density at radius 1 is 1.00 bits per heavy atom. The molecule has 0 saturated heterocycles. The zero-order valence-corrected chi connectivity index (χ0v) is 17.6. The molecule has 0 aliphatic heterocycles. The van der Waals surface area contributed by atoms with Crippen LogP contribution in [0.4, 0.5) is 5.69 Å². The average Bonchev–Trinajstić information content (AvgIpc) is 2.76. The summed E-state index contributed by atoms with van der Waals surface area (Å²) >= 11 is 3.34. The topological polar surface area (TPSA) is 111 Å². The first-order valence-electron chi connectivity index (χ1n) is 9.04. The smallest absolute Gasteiger partial charge is 0.343 e. The van der Waals surface area contributed by atoms with Crippen LogP contribution in [0.3, 0.4) is 0 Å². The Balaban J connectivity index is 1.51. The number of hydrogen-bond donors (Lipinski definition) is 1. The Kier molecular flexibility index (Phi) is 7.23. The SMILES string of the molecule is O=C(Cc1ccc(Br)cc1)N/N=C\c1ccc(OC(=O)c2ccc([N+](=O)[O-])cc2)cc1. The lowest BCUT2D eigenvalue weighted by Crippen LogP contribution is -2.19. The molecule has 1 N–H and O–H groups in total. The van der Waals surface area contributed by atoms with E-state index in [2.05, 4.69) is 26.5 Å². The molecule has 0 aliphatic carbocycles. The molecule has 1 amide bonds. The van der Waals surface area contributed by atoms with Crippen LogP contribution < -0.4 is 10.2 Å². The Morgan fingerprint density at radius 3 is 2.26 bits per heavy atom. The second-order valence-corrected chi connectivity index (χ2v) is 7.27. The van der Waals surface area contributed by atoms with Crippen molar-refractivity contribution in [3.63, 3.8) is 0 Å². The fourth-order valence-corrected chi connectivity index (χ4v) is 2.78. The highest BCUT2D eigenvalue weighted by molar-refractivity contribution is 9.10. The third kappa shape index (κ3) is 6.58.